The molecule has 1 rings (SSSR count). The van der Waals surface area contributed by atoms with Gasteiger partial charge >= 0.3 is 5.97 Å². The van der Waals surface area contributed by atoms with Gasteiger partial charge < -0.3 is 5.11 Å². The van der Waals surface area contributed by atoms with Crippen LogP contribution in [0.4, 0.5) is 4.39 Å². The van der Waals surface area contributed by atoms with Crippen LogP contribution in [0, 0.1) is 11.7 Å². The highest BCUT2D eigenvalue weighted by molar-refractivity contribution is 7.89. The average Bonchev–Trinajstić information content (AvgIpc) is 2.35. The van der Waals surface area contributed by atoms with E-state index in [2.05, 4.69) is 0 Å². The van der Waals surface area contributed by atoms with Crippen molar-refractivity contribution >= 4 is 16.0 Å². The normalized spacial score (nSPS) is 12.1. The number of aromatic carboxylic acids is 1. The van der Waals surface area contributed by atoms with Gasteiger partial charge in [-0.1, -0.05) is 13.8 Å². The summed E-state index contributed by atoms with van der Waals surface area (Å²) in [7, 11) is -2.39. The molecule has 112 valence electrons. The first-order chi connectivity index (χ1) is 9.16. The highest BCUT2D eigenvalue weighted by atomic mass is 32.2. The van der Waals surface area contributed by atoms with Crippen molar-refractivity contribution in [3.8, 4) is 0 Å². The van der Waals surface area contributed by atoms with Crippen LogP contribution >= 0.6 is 0 Å². The molecule has 20 heavy (non-hydrogen) atoms. The van der Waals surface area contributed by atoms with E-state index in [1.807, 2.05) is 13.8 Å². The molecule has 5 nitrogen and oxygen atoms in total. The molecule has 0 radical (unpaired) electrons. The minimum atomic E-state index is -3.80. The second kappa shape index (κ2) is 6.32. The minimum absolute atomic E-state index is 0.220. The molecule has 0 aromatic heterocycles. The van der Waals surface area contributed by atoms with Gasteiger partial charge in [-0.05, 0) is 30.5 Å². The number of hydrogen-bond donors (Lipinski definition) is 1. The Morgan fingerprint density at radius 3 is 2.50 bits per heavy atom. The van der Waals surface area contributed by atoms with Gasteiger partial charge in [0.1, 0.15) is 5.82 Å². The summed E-state index contributed by atoms with van der Waals surface area (Å²) in [5.41, 5.74) is -0.650. The molecule has 0 amide bonds. The third kappa shape index (κ3) is 3.77. The molecule has 0 aliphatic carbocycles. The van der Waals surface area contributed by atoms with Crippen molar-refractivity contribution in [2.24, 2.45) is 5.92 Å². The lowest BCUT2D eigenvalue weighted by Gasteiger charge is -2.18. The van der Waals surface area contributed by atoms with E-state index in [9.17, 15) is 17.6 Å². The third-order valence-electron chi connectivity index (χ3n) is 2.90. The number of sulfonamides is 1. The maximum absolute atomic E-state index is 13.3. The minimum Gasteiger partial charge on any atom is -0.478 e. The van der Waals surface area contributed by atoms with Gasteiger partial charge in [0.25, 0.3) is 0 Å². The lowest BCUT2D eigenvalue weighted by atomic mass is 10.1. The molecule has 0 saturated heterocycles. The highest BCUT2D eigenvalue weighted by Gasteiger charge is 2.23. The van der Waals surface area contributed by atoms with Crippen LogP contribution in [0.15, 0.2) is 23.1 Å². The number of carboxylic acids is 1. The Kier molecular flexibility index (Phi) is 5.24. The molecule has 0 saturated carbocycles. The van der Waals surface area contributed by atoms with Crippen LogP contribution in [0.3, 0.4) is 0 Å². The second-order valence-electron chi connectivity index (χ2n) is 4.96. The molecule has 0 bridgehead atoms. The first-order valence-corrected chi connectivity index (χ1v) is 7.59. The maximum Gasteiger partial charge on any atom is 0.338 e. The second-order valence-corrected chi connectivity index (χ2v) is 7.00. The lowest BCUT2D eigenvalue weighted by molar-refractivity contribution is 0.0691. The standard InChI is InChI=1S/C13H18FNO4S/c1-9(2)6-7-15(3)20(18,19)10-4-5-12(14)11(8-10)13(16)17/h4-5,8-9H,6-7H2,1-3H3,(H,16,17). The first kappa shape index (κ1) is 16.6. The molecule has 0 heterocycles. The Hall–Kier alpha value is -1.47. The molecule has 0 aliphatic heterocycles. The fourth-order valence-corrected chi connectivity index (χ4v) is 2.78. The van der Waals surface area contributed by atoms with Crippen molar-refractivity contribution in [1.29, 1.82) is 0 Å². The van der Waals surface area contributed by atoms with Gasteiger partial charge in [-0.2, -0.15) is 0 Å². The molecule has 1 N–H and O–H groups in total. The summed E-state index contributed by atoms with van der Waals surface area (Å²) in [6.07, 6.45) is 0.683. The van der Waals surface area contributed by atoms with Crippen LogP contribution in [-0.2, 0) is 10.0 Å². The lowest BCUT2D eigenvalue weighted by Crippen LogP contribution is -2.29. The monoisotopic (exact) mass is 303 g/mol. The summed E-state index contributed by atoms with van der Waals surface area (Å²) in [6.45, 7) is 4.27. The largest absolute Gasteiger partial charge is 0.478 e. The van der Waals surface area contributed by atoms with E-state index in [4.69, 9.17) is 5.11 Å². The molecule has 7 heteroatoms. The molecule has 0 spiro atoms. The van der Waals surface area contributed by atoms with Gasteiger partial charge in [-0.25, -0.2) is 21.9 Å². The summed E-state index contributed by atoms with van der Waals surface area (Å²) in [6, 6.07) is 2.77. The fraction of sp³-hybridized carbons (Fsp3) is 0.462. The van der Waals surface area contributed by atoms with Crippen LogP contribution < -0.4 is 0 Å². The number of rotatable bonds is 6. The van der Waals surface area contributed by atoms with Gasteiger partial charge in [-0.3, -0.25) is 0 Å². The van der Waals surface area contributed by atoms with E-state index >= 15 is 0 Å². The molecule has 1 aromatic rings. The topological polar surface area (TPSA) is 74.7 Å². The number of nitrogens with zero attached hydrogens (tertiary/aromatic N) is 1. The van der Waals surface area contributed by atoms with E-state index in [1.54, 1.807) is 0 Å². The summed E-state index contributed by atoms with van der Waals surface area (Å²) < 4.78 is 38.9. The Bertz CT molecular complexity index is 598. The third-order valence-corrected chi connectivity index (χ3v) is 4.75. The predicted octanol–water partition coefficient (Wildman–Crippen LogP) is 2.19. The van der Waals surface area contributed by atoms with Crippen molar-refractivity contribution in [3.63, 3.8) is 0 Å². The number of carboxylic acid groups (broad SMARTS) is 1. The van der Waals surface area contributed by atoms with Gasteiger partial charge in [0.05, 0.1) is 10.5 Å². The van der Waals surface area contributed by atoms with Gasteiger partial charge in [0, 0.05) is 13.6 Å². The van der Waals surface area contributed by atoms with Gasteiger partial charge in [0.2, 0.25) is 10.0 Å². The van der Waals surface area contributed by atoms with Crippen molar-refractivity contribution in [2.75, 3.05) is 13.6 Å². The smallest absolute Gasteiger partial charge is 0.338 e. The SMILES string of the molecule is CC(C)CCN(C)S(=O)(=O)c1ccc(F)c(C(=O)O)c1. The predicted molar refractivity (Wildman–Crippen MR) is 72.6 cm³/mol. The average molecular weight is 303 g/mol. The van der Waals surface area contributed by atoms with Crippen molar-refractivity contribution < 1.29 is 22.7 Å². The molecule has 0 unspecified atom stereocenters. The summed E-state index contributed by atoms with van der Waals surface area (Å²) in [5.74, 6) is -2.11. The maximum atomic E-state index is 13.3. The quantitative estimate of drug-likeness (QED) is 0.874. The summed E-state index contributed by atoms with van der Waals surface area (Å²) >= 11 is 0. The van der Waals surface area contributed by atoms with Crippen LogP contribution in [0.25, 0.3) is 0 Å². The zero-order chi connectivity index (χ0) is 15.5. The van der Waals surface area contributed by atoms with E-state index < -0.39 is 27.4 Å². The van der Waals surface area contributed by atoms with E-state index in [-0.39, 0.29) is 4.90 Å². The fourth-order valence-electron chi connectivity index (χ4n) is 1.57. The molecule has 0 fully saturated rings. The molecular weight excluding hydrogens is 285 g/mol. The molecular formula is C13H18FNO4S. The Morgan fingerprint density at radius 2 is 2.00 bits per heavy atom. The Labute approximate surface area is 118 Å². The van der Waals surface area contributed by atoms with Crippen molar-refractivity contribution in [3.05, 3.63) is 29.6 Å². The summed E-state index contributed by atoms with van der Waals surface area (Å²) in [4.78, 5) is 10.6. The molecule has 0 aliphatic rings. The summed E-state index contributed by atoms with van der Waals surface area (Å²) in [5, 5.41) is 8.82. The van der Waals surface area contributed by atoms with Crippen LogP contribution in [-0.4, -0.2) is 37.4 Å². The Morgan fingerprint density at radius 1 is 1.40 bits per heavy atom. The number of benzene rings is 1. The number of carbonyl (C=O) groups is 1. The highest BCUT2D eigenvalue weighted by Crippen LogP contribution is 2.19. The molecule has 0 atom stereocenters. The molecule has 1 aromatic carbocycles. The number of hydrogen-bond acceptors (Lipinski definition) is 3. The first-order valence-electron chi connectivity index (χ1n) is 6.15. The zero-order valence-electron chi connectivity index (χ0n) is 11.6. The van der Waals surface area contributed by atoms with E-state index in [0.29, 0.717) is 18.9 Å². The number of halogens is 1. The van der Waals surface area contributed by atoms with Crippen LogP contribution in [0.1, 0.15) is 30.6 Å². The van der Waals surface area contributed by atoms with E-state index in [0.717, 1.165) is 22.5 Å². The van der Waals surface area contributed by atoms with Crippen LogP contribution in [0.5, 0.6) is 0 Å². The van der Waals surface area contributed by atoms with Gasteiger partial charge in [0.15, 0.2) is 0 Å². The zero-order valence-corrected chi connectivity index (χ0v) is 12.4. The Balaban J connectivity index is 3.09. The van der Waals surface area contributed by atoms with Gasteiger partial charge in [-0.15, -0.1) is 0 Å². The van der Waals surface area contributed by atoms with Crippen molar-refractivity contribution in [2.45, 2.75) is 25.2 Å². The van der Waals surface area contributed by atoms with Crippen molar-refractivity contribution in [1.82, 2.24) is 4.31 Å². The van der Waals surface area contributed by atoms with E-state index in [1.165, 1.54) is 7.05 Å². The van der Waals surface area contributed by atoms with Crippen LogP contribution in [0.2, 0.25) is 0 Å².